The van der Waals surface area contributed by atoms with Crippen molar-refractivity contribution in [3.63, 3.8) is 0 Å². The van der Waals surface area contributed by atoms with Crippen molar-refractivity contribution in [1.29, 1.82) is 0 Å². The fourth-order valence-electron chi connectivity index (χ4n) is 3.54. The quantitative estimate of drug-likeness (QED) is 0.626. The summed E-state index contributed by atoms with van der Waals surface area (Å²) >= 11 is 3.55. The number of rotatable bonds is 7. The zero-order valence-corrected chi connectivity index (χ0v) is 16.9. The molecule has 3 heterocycles. The van der Waals surface area contributed by atoms with Crippen LogP contribution in [0.2, 0.25) is 0 Å². The van der Waals surface area contributed by atoms with Gasteiger partial charge in [0.1, 0.15) is 16.3 Å². The minimum absolute atomic E-state index is 0.158. The summed E-state index contributed by atoms with van der Waals surface area (Å²) < 4.78 is 0. The van der Waals surface area contributed by atoms with Crippen LogP contribution < -0.4 is 5.32 Å². The molecule has 6 nitrogen and oxygen atoms in total. The van der Waals surface area contributed by atoms with Gasteiger partial charge in [0.05, 0.1) is 11.6 Å². The number of aliphatic hydroxyl groups is 1. The van der Waals surface area contributed by atoms with Crippen LogP contribution in [0.5, 0.6) is 0 Å². The van der Waals surface area contributed by atoms with E-state index in [1.807, 2.05) is 0 Å². The molecule has 3 aromatic heterocycles. The first-order valence-electron chi connectivity index (χ1n) is 9.25. The van der Waals surface area contributed by atoms with Gasteiger partial charge in [0.15, 0.2) is 5.82 Å². The maximum absolute atomic E-state index is 9.44. The van der Waals surface area contributed by atoms with E-state index in [1.165, 1.54) is 23.3 Å². The number of anilines is 1. The number of nitrogens with zero attached hydrogens (tertiary/aromatic N) is 4. The minimum Gasteiger partial charge on any atom is -0.396 e. The third-order valence-corrected chi connectivity index (χ3v) is 6.71. The number of nitrogens with one attached hydrogen (secondary N) is 1. The van der Waals surface area contributed by atoms with E-state index in [9.17, 15) is 5.11 Å². The molecule has 0 aromatic carbocycles. The van der Waals surface area contributed by atoms with Crippen LogP contribution in [-0.4, -0.2) is 49.7 Å². The monoisotopic (exact) mass is 401 g/mol. The predicted molar refractivity (Wildman–Crippen MR) is 113 cm³/mol. The van der Waals surface area contributed by atoms with Crippen LogP contribution in [0.25, 0.3) is 21.7 Å². The van der Waals surface area contributed by atoms with Gasteiger partial charge >= 0.3 is 0 Å². The highest BCUT2D eigenvalue weighted by atomic mass is 32.2. The molecule has 1 unspecified atom stereocenters. The second kappa shape index (κ2) is 8.50. The Labute approximate surface area is 166 Å². The van der Waals surface area contributed by atoms with E-state index in [0.29, 0.717) is 17.9 Å². The van der Waals surface area contributed by atoms with Crippen LogP contribution in [0.15, 0.2) is 18.6 Å². The van der Waals surface area contributed by atoms with Crippen LogP contribution in [0, 0.1) is 0 Å². The molecule has 1 aliphatic rings. The second-order valence-corrected chi connectivity index (χ2v) is 8.68. The van der Waals surface area contributed by atoms with Crippen molar-refractivity contribution in [2.45, 2.75) is 38.1 Å². The Bertz CT molecular complexity index is 909. The van der Waals surface area contributed by atoms with E-state index in [4.69, 9.17) is 9.97 Å². The third kappa shape index (κ3) is 3.93. The van der Waals surface area contributed by atoms with E-state index in [0.717, 1.165) is 34.6 Å². The van der Waals surface area contributed by atoms with Crippen molar-refractivity contribution in [2.24, 2.45) is 0 Å². The molecular weight excluding hydrogens is 378 g/mol. The van der Waals surface area contributed by atoms with Gasteiger partial charge in [-0.2, -0.15) is 11.8 Å². The number of aryl methyl sites for hydroxylation is 2. The van der Waals surface area contributed by atoms with Gasteiger partial charge in [-0.15, -0.1) is 11.3 Å². The Morgan fingerprint density at radius 3 is 2.93 bits per heavy atom. The zero-order valence-electron chi connectivity index (χ0n) is 15.3. The maximum atomic E-state index is 9.44. The van der Waals surface area contributed by atoms with E-state index in [2.05, 4.69) is 21.5 Å². The Hall–Kier alpha value is -1.77. The average Bonchev–Trinajstić information content (AvgIpc) is 3.08. The van der Waals surface area contributed by atoms with Gasteiger partial charge in [-0.05, 0) is 43.9 Å². The summed E-state index contributed by atoms with van der Waals surface area (Å²) in [6, 6.07) is 0.164. The standard InChI is InChI=1S/C19H23N5OS2/c1-26-11-12(6-9-25)22-18-16-13-4-2-3-5-15(13)27-19(16)24-17(23-18)14-10-20-7-8-21-14/h7-8,10,12,25H,2-6,9,11H2,1H3,(H,22,23,24). The van der Waals surface area contributed by atoms with Gasteiger partial charge in [0, 0.05) is 35.7 Å². The molecule has 1 aliphatic carbocycles. The van der Waals surface area contributed by atoms with Gasteiger partial charge < -0.3 is 10.4 Å². The normalized spacial score (nSPS) is 14.9. The van der Waals surface area contributed by atoms with Gasteiger partial charge in [0.25, 0.3) is 0 Å². The van der Waals surface area contributed by atoms with Crippen LogP contribution >= 0.6 is 23.1 Å². The van der Waals surface area contributed by atoms with Gasteiger partial charge in [-0.25, -0.2) is 15.0 Å². The summed E-state index contributed by atoms with van der Waals surface area (Å²) in [6.45, 7) is 0.158. The smallest absolute Gasteiger partial charge is 0.183 e. The lowest BCUT2D eigenvalue weighted by Gasteiger charge is -2.19. The summed E-state index contributed by atoms with van der Waals surface area (Å²) in [4.78, 5) is 20.7. The first-order valence-corrected chi connectivity index (χ1v) is 11.5. The molecule has 4 rings (SSSR count). The van der Waals surface area contributed by atoms with Gasteiger partial charge in [-0.3, -0.25) is 4.98 Å². The molecule has 1 atom stereocenters. The van der Waals surface area contributed by atoms with Crippen LogP contribution in [-0.2, 0) is 12.8 Å². The summed E-state index contributed by atoms with van der Waals surface area (Å²) in [6.07, 6.45) is 12.5. The highest BCUT2D eigenvalue weighted by Crippen LogP contribution is 2.39. The van der Waals surface area contributed by atoms with Crippen LogP contribution in [0.4, 0.5) is 5.82 Å². The molecule has 27 heavy (non-hydrogen) atoms. The molecule has 0 saturated carbocycles. The van der Waals surface area contributed by atoms with E-state index in [-0.39, 0.29) is 12.6 Å². The molecule has 2 N–H and O–H groups in total. The van der Waals surface area contributed by atoms with Crippen molar-refractivity contribution < 1.29 is 5.11 Å². The Morgan fingerprint density at radius 1 is 1.26 bits per heavy atom. The van der Waals surface area contributed by atoms with Gasteiger partial charge in [-0.1, -0.05) is 0 Å². The number of thioether (sulfide) groups is 1. The maximum Gasteiger partial charge on any atom is 0.183 e. The fraction of sp³-hybridized carbons (Fsp3) is 0.474. The fourth-order valence-corrected chi connectivity index (χ4v) is 5.45. The van der Waals surface area contributed by atoms with Crippen molar-refractivity contribution >= 4 is 39.1 Å². The molecule has 8 heteroatoms. The molecule has 0 amide bonds. The summed E-state index contributed by atoms with van der Waals surface area (Å²) in [5, 5.41) is 14.2. The number of aromatic nitrogens is 4. The van der Waals surface area contributed by atoms with Crippen molar-refractivity contribution in [2.75, 3.05) is 23.9 Å². The highest BCUT2D eigenvalue weighted by molar-refractivity contribution is 7.98. The molecule has 3 aromatic rings. The third-order valence-electron chi connectivity index (χ3n) is 4.79. The first kappa shape index (κ1) is 18.6. The molecule has 0 spiro atoms. The average molecular weight is 402 g/mol. The molecule has 142 valence electrons. The van der Waals surface area contributed by atoms with E-state index >= 15 is 0 Å². The molecule has 0 aliphatic heterocycles. The largest absolute Gasteiger partial charge is 0.396 e. The van der Waals surface area contributed by atoms with Gasteiger partial charge in [0.2, 0.25) is 0 Å². The Balaban J connectivity index is 1.83. The molecule has 0 bridgehead atoms. The number of aliphatic hydroxyl groups excluding tert-OH is 1. The minimum atomic E-state index is 0.158. The van der Waals surface area contributed by atoms with Crippen molar-refractivity contribution in [3.8, 4) is 11.5 Å². The lowest BCUT2D eigenvalue weighted by Crippen LogP contribution is -2.24. The molecule has 0 saturated heterocycles. The highest BCUT2D eigenvalue weighted by Gasteiger charge is 2.23. The van der Waals surface area contributed by atoms with Crippen LogP contribution in [0.1, 0.15) is 29.7 Å². The molecule has 0 radical (unpaired) electrons. The van der Waals surface area contributed by atoms with Crippen LogP contribution in [0.3, 0.4) is 0 Å². The topological polar surface area (TPSA) is 83.8 Å². The summed E-state index contributed by atoms with van der Waals surface area (Å²) in [7, 11) is 0. The number of hydrogen-bond donors (Lipinski definition) is 2. The lowest BCUT2D eigenvalue weighted by atomic mass is 9.97. The Morgan fingerprint density at radius 2 is 2.15 bits per heavy atom. The van der Waals surface area contributed by atoms with E-state index in [1.54, 1.807) is 41.7 Å². The molecular formula is C19H23N5OS2. The molecule has 0 fully saturated rings. The first-order chi connectivity index (χ1) is 13.3. The predicted octanol–water partition coefficient (Wildman–Crippen LogP) is 3.55. The van der Waals surface area contributed by atoms with Crippen molar-refractivity contribution in [1.82, 2.24) is 19.9 Å². The van der Waals surface area contributed by atoms with Crippen molar-refractivity contribution in [3.05, 3.63) is 29.0 Å². The summed E-state index contributed by atoms with van der Waals surface area (Å²) in [5.41, 5.74) is 2.08. The zero-order chi connectivity index (χ0) is 18.6. The summed E-state index contributed by atoms with van der Waals surface area (Å²) in [5.74, 6) is 2.38. The van der Waals surface area contributed by atoms with E-state index < -0.39 is 0 Å². The number of fused-ring (bicyclic) bond motifs is 3. The number of hydrogen-bond acceptors (Lipinski definition) is 8. The SMILES string of the molecule is CSCC(CCO)Nc1nc(-c2cnccn2)nc2sc3c(c12)CCCC3. The Kier molecular flexibility index (Phi) is 5.85. The number of thiophene rings is 1. The lowest BCUT2D eigenvalue weighted by molar-refractivity contribution is 0.282. The second-order valence-electron chi connectivity index (χ2n) is 6.69.